The Morgan fingerprint density at radius 3 is 2.35 bits per heavy atom. The van der Waals surface area contributed by atoms with E-state index in [1.807, 2.05) is 18.2 Å². The van der Waals surface area contributed by atoms with Crippen molar-refractivity contribution in [3.05, 3.63) is 60.1 Å². The van der Waals surface area contributed by atoms with Gasteiger partial charge in [0.1, 0.15) is 0 Å². The molecule has 1 N–H and O–H groups in total. The molecule has 1 saturated carbocycles. The molecule has 1 aromatic heterocycles. The first-order valence-corrected chi connectivity index (χ1v) is 9.40. The zero-order valence-corrected chi connectivity index (χ0v) is 14.8. The quantitative estimate of drug-likeness (QED) is 0.897. The molecular formula is C21H24N2O3. The normalized spacial score (nSPS) is 19.2. The second-order valence-corrected chi connectivity index (χ2v) is 7.28. The summed E-state index contributed by atoms with van der Waals surface area (Å²) >= 11 is 0. The van der Waals surface area contributed by atoms with Gasteiger partial charge in [-0.15, -0.1) is 0 Å². The molecule has 1 aliphatic heterocycles. The summed E-state index contributed by atoms with van der Waals surface area (Å²) in [4.78, 5) is 26.9. The summed E-state index contributed by atoms with van der Waals surface area (Å²) < 4.78 is 5.19. The van der Waals surface area contributed by atoms with Crippen LogP contribution in [0.4, 0.5) is 0 Å². The average Bonchev–Trinajstić information content (AvgIpc) is 3.39. The number of likely N-dealkylation sites (tertiary alicyclic amines) is 1. The Balaban J connectivity index is 1.34. The minimum atomic E-state index is -0.0889. The number of carbonyl (C=O) groups is 2. The molecular weight excluding hydrogens is 328 g/mol. The molecule has 2 aromatic rings. The van der Waals surface area contributed by atoms with Gasteiger partial charge in [-0.2, -0.15) is 0 Å². The Labute approximate surface area is 153 Å². The largest absolute Gasteiger partial charge is 0.459 e. The fourth-order valence-corrected chi connectivity index (χ4v) is 3.74. The first-order valence-electron chi connectivity index (χ1n) is 9.40. The van der Waals surface area contributed by atoms with Gasteiger partial charge in [-0.3, -0.25) is 9.59 Å². The Morgan fingerprint density at radius 1 is 1.00 bits per heavy atom. The Kier molecular flexibility index (Phi) is 4.78. The lowest BCUT2D eigenvalue weighted by atomic mass is 9.94. The van der Waals surface area contributed by atoms with Crippen LogP contribution in [0.3, 0.4) is 0 Å². The molecule has 26 heavy (non-hydrogen) atoms. The van der Waals surface area contributed by atoms with E-state index in [4.69, 9.17) is 4.42 Å². The maximum atomic E-state index is 12.8. The highest BCUT2D eigenvalue weighted by molar-refractivity contribution is 5.91. The van der Waals surface area contributed by atoms with Crippen molar-refractivity contribution in [1.82, 2.24) is 10.2 Å². The van der Waals surface area contributed by atoms with E-state index in [0.717, 1.165) is 0 Å². The summed E-state index contributed by atoms with van der Waals surface area (Å²) in [6, 6.07) is 13.7. The minimum Gasteiger partial charge on any atom is -0.459 e. The second kappa shape index (κ2) is 7.36. The number of carbonyl (C=O) groups excluding carboxylic acids is 2. The van der Waals surface area contributed by atoms with Crippen molar-refractivity contribution in [1.29, 1.82) is 0 Å². The smallest absolute Gasteiger partial charge is 0.289 e. The average molecular weight is 352 g/mol. The first-order chi connectivity index (χ1) is 12.7. The Morgan fingerprint density at radius 2 is 1.73 bits per heavy atom. The van der Waals surface area contributed by atoms with E-state index in [2.05, 4.69) is 17.4 Å². The highest BCUT2D eigenvalue weighted by Gasteiger charge is 2.35. The molecule has 2 aliphatic rings. The monoisotopic (exact) mass is 352 g/mol. The lowest BCUT2D eigenvalue weighted by Crippen LogP contribution is -2.44. The van der Waals surface area contributed by atoms with Gasteiger partial charge < -0.3 is 14.6 Å². The van der Waals surface area contributed by atoms with Crippen LogP contribution < -0.4 is 5.32 Å². The summed E-state index contributed by atoms with van der Waals surface area (Å²) in [7, 11) is 0. The molecule has 1 saturated heterocycles. The van der Waals surface area contributed by atoms with Crippen LogP contribution in [-0.2, 0) is 4.79 Å². The predicted octanol–water partition coefficient (Wildman–Crippen LogP) is 3.40. The number of benzene rings is 1. The molecule has 136 valence electrons. The summed E-state index contributed by atoms with van der Waals surface area (Å²) in [6.45, 7) is 1.19. The van der Waals surface area contributed by atoms with Gasteiger partial charge in [0.2, 0.25) is 5.91 Å². The molecule has 1 aromatic carbocycles. The Hall–Kier alpha value is -2.56. The van der Waals surface area contributed by atoms with Gasteiger partial charge in [-0.05, 0) is 49.3 Å². The molecule has 2 fully saturated rings. The predicted molar refractivity (Wildman–Crippen MR) is 97.4 cm³/mol. The van der Waals surface area contributed by atoms with Crippen LogP contribution in [0.5, 0.6) is 0 Å². The number of furan rings is 1. The van der Waals surface area contributed by atoms with Crippen molar-refractivity contribution < 1.29 is 14.0 Å². The van der Waals surface area contributed by atoms with Crippen molar-refractivity contribution in [2.45, 2.75) is 31.7 Å². The van der Waals surface area contributed by atoms with Crippen molar-refractivity contribution in [2.75, 3.05) is 13.1 Å². The molecule has 0 bridgehead atoms. The zero-order chi connectivity index (χ0) is 17.9. The molecule has 1 aliphatic carbocycles. The van der Waals surface area contributed by atoms with Crippen molar-refractivity contribution in [3.63, 3.8) is 0 Å². The van der Waals surface area contributed by atoms with Gasteiger partial charge in [0.05, 0.1) is 12.3 Å². The molecule has 4 rings (SSSR count). The fourth-order valence-electron chi connectivity index (χ4n) is 3.74. The van der Waals surface area contributed by atoms with Crippen LogP contribution in [0.2, 0.25) is 0 Å². The molecule has 2 amide bonds. The third-order valence-corrected chi connectivity index (χ3v) is 5.43. The van der Waals surface area contributed by atoms with Crippen molar-refractivity contribution in [3.8, 4) is 0 Å². The first kappa shape index (κ1) is 16.9. The molecule has 0 spiro atoms. The van der Waals surface area contributed by atoms with E-state index in [-0.39, 0.29) is 23.8 Å². The number of rotatable bonds is 5. The van der Waals surface area contributed by atoms with Crippen LogP contribution in [0, 0.1) is 11.8 Å². The highest BCUT2D eigenvalue weighted by atomic mass is 16.3. The number of piperidine rings is 1. The second-order valence-electron chi connectivity index (χ2n) is 7.28. The van der Waals surface area contributed by atoms with Crippen molar-refractivity contribution >= 4 is 11.8 Å². The van der Waals surface area contributed by atoms with Gasteiger partial charge in [-0.25, -0.2) is 0 Å². The molecule has 5 nitrogen and oxygen atoms in total. The minimum absolute atomic E-state index is 0.0272. The summed E-state index contributed by atoms with van der Waals surface area (Å²) in [5.74, 6) is 0.929. The summed E-state index contributed by atoms with van der Waals surface area (Å²) in [6.07, 6.45) is 5.26. The van der Waals surface area contributed by atoms with Gasteiger partial charge in [-0.1, -0.05) is 30.3 Å². The van der Waals surface area contributed by atoms with Crippen LogP contribution in [0.15, 0.2) is 53.1 Å². The third-order valence-electron chi connectivity index (χ3n) is 5.43. The van der Waals surface area contributed by atoms with Gasteiger partial charge in [0, 0.05) is 19.0 Å². The van der Waals surface area contributed by atoms with Crippen LogP contribution in [-0.4, -0.2) is 29.8 Å². The number of amides is 2. The lowest BCUT2D eigenvalue weighted by Gasteiger charge is -2.32. The maximum absolute atomic E-state index is 12.8. The third kappa shape index (κ3) is 3.66. The number of nitrogens with zero attached hydrogens (tertiary/aromatic N) is 1. The molecule has 1 unspecified atom stereocenters. The van der Waals surface area contributed by atoms with E-state index >= 15 is 0 Å². The van der Waals surface area contributed by atoms with Gasteiger partial charge >= 0.3 is 0 Å². The molecule has 2 heterocycles. The SMILES string of the molecule is O=C(NC(c1ccccc1)C1CC1)C1CCN(C(=O)c2ccco2)CC1. The number of hydrogen-bond acceptors (Lipinski definition) is 3. The van der Waals surface area contributed by atoms with Crippen LogP contribution in [0.25, 0.3) is 0 Å². The topological polar surface area (TPSA) is 62.6 Å². The summed E-state index contributed by atoms with van der Waals surface area (Å²) in [5, 5.41) is 3.28. The molecule has 0 radical (unpaired) electrons. The van der Waals surface area contributed by atoms with Crippen molar-refractivity contribution in [2.24, 2.45) is 11.8 Å². The Bertz CT molecular complexity index is 745. The van der Waals surface area contributed by atoms with E-state index < -0.39 is 0 Å². The standard InChI is InChI=1S/C21H24N2O3/c24-20(22-19(16-8-9-16)15-5-2-1-3-6-15)17-10-12-23(13-11-17)21(25)18-7-4-14-26-18/h1-7,14,16-17,19H,8-13H2,(H,22,24). The van der Waals surface area contributed by atoms with Gasteiger partial charge in [0.25, 0.3) is 5.91 Å². The van der Waals surface area contributed by atoms with E-state index in [1.165, 1.54) is 24.7 Å². The molecule has 5 heteroatoms. The van der Waals surface area contributed by atoms with E-state index in [0.29, 0.717) is 37.6 Å². The maximum Gasteiger partial charge on any atom is 0.289 e. The summed E-state index contributed by atoms with van der Waals surface area (Å²) in [5.41, 5.74) is 1.19. The van der Waals surface area contributed by atoms with Gasteiger partial charge in [0.15, 0.2) is 5.76 Å². The molecule has 1 atom stereocenters. The zero-order valence-electron chi connectivity index (χ0n) is 14.8. The number of nitrogens with one attached hydrogen (secondary N) is 1. The lowest BCUT2D eigenvalue weighted by molar-refractivity contribution is -0.127. The van der Waals surface area contributed by atoms with E-state index in [1.54, 1.807) is 17.0 Å². The van der Waals surface area contributed by atoms with E-state index in [9.17, 15) is 9.59 Å². The van der Waals surface area contributed by atoms with Crippen LogP contribution in [0.1, 0.15) is 47.8 Å². The fraction of sp³-hybridized carbons (Fsp3) is 0.429. The highest BCUT2D eigenvalue weighted by Crippen LogP contribution is 2.41. The number of hydrogen-bond donors (Lipinski definition) is 1. The van der Waals surface area contributed by atoms with Crippen LogP contribution >= 0.6 is 0 Å².